The lowest BCUT2D eigenvalue weighted by Gasteiger charge is -2.29. The number of hydrogen-bond acceptors (Lipinski definition) is 4. The zero-order valence-electron chi connectivity index (χ0n) is 10.8. The molecule has 106 valence electrons. The zero-order valence-corrected chi connectivity index (χ0v) is 12.5. The average Bonchev–Trinajstić information content (AvgIpc) is 2.88. The number of carbonyl (C=O) groups is 1. The Morgan fingerprint density at radius 2 is 2.26 bits per heavy atom. The van der Waals surface area contributed by atoms with E-state index in [0.29, 0.717) is 23.6 Å². The Bertz CT molecular complexity index is 565. The molecule has 0 aromatic carbocycles. The van der Waals surface area contributed by atoms with Crippen molar-refractivity contribution in [2.24, 2.45) is 11.7 Å². The lowest BCUT2D eigenvalue weighted by atomic mass is 9.99. The molecular weight excluding hydrogens is 284 g/mol. The van der Waals surface area contributed by atoms with E-state index in [9.17, 15) is 13.2 Å². The molecule has 5 nitrogen and oxygen atoms in total. The summed E-state index contributed by atoms with van der Waals surface area (Å²) in [6.45, 7) is 2.66. The largest absolute Gasteiger partial charge is 0.369 e. The van der Waals surface area contributed by atoms with Gasteiger partial charge in [-0.05, 0) is 31.4 Å². The van der Waals surface area contributed by atoms with Crippen molar-refractivity contribution in [3.05, 3.63) is 17.0 Å². The van der Waals surface area contributed by atoms with Crippen molar-refractivity contribution < 1.29 is 13.2 Å². The average molecular weight is 302 g/mol. The van der Waals surface area contributed by atoms with Gasteiger partial charge in [0.15, 0.2) is 0 Å². The van der Waals surface area contributed by atoms with Gasteiger partial charge in [-0.15, -0.1) is 11.3 Å². The van der Waals surface area contributed by atoms with Crippen LogP contribution in [-0.4, -0.2) is 31.7 Å². The van der Waals surface area contributed by atoms with Crippen LogP contribution in [0.4, 0.5) is 0 Å². The fourth-order valence-corrected chi connectivity index (χ4v) is 5.18. The fourth-order valence-electron chi connectivity index (χ4n) is 2.21. The van der Waals surface area contributed by atoms with Crippen molar-refractivity contribution in [1.82, 2.24) is 4.31 Å². The number of rotatable bonds is 4. The van der Waals surface area contributed by atoms with Gasteiger partial charge >= 0.3 is 0 Å². The van der Waals surface area contributed by atoms with E-state index in [1.54, 1.807) is 6.07 Å². The van der Waals surface area contributed by atoms with E-state index in [1.807, 2.05) is 13.0 Å². The molecule has 0 saturated carbocycles. The topological polar surface area (TPSA) is 80.5 Å². The van der Waals surface area contributed by atoms with E-state index >= 15 is 0 Å². The Morgan fingerprint density at radius 1 is 1.53 bits per heavy atom. The van der Waals surface area contributed by atoms with Gasteiger partial charge in [0.25, 0.3) is 10.0 Å². The van der Waals surface area contributed by atoms with E-state index in [0.717, 1.165) is 11.3 Å². The van der Waals surface area contributed by atoms with E-state index in [1.165, 1.54) is 15.6 Å². The van der Waals surface area contributed by atoms with Gasteiger partial charge in [0, 0.05) is 18.0 Å². The van der Waals surface area contributed by atoms with Gasteiger partial charge in [0.05, 0.1) is 5.92 Å². The third-order valence-corrected chi connectivity index (χ3v) is 6.93. The van der Waals surface area contributed by atoms with E-state index in [2.05, 4.69) is 0 Å². The summed E-state index contributed by atoms with van der Waals surface area (Å²) in [6.07, 6.45) is 2.18. The van der Waals surface area contributed by atoms with Crippen molar-refractivity contribution in [3.63, 3.8) is 0 Å². The third-order valence-electron chi connectivity index (χ3n) is 3.37. The molecule has 2 N–H and O–H groups in total. The molecule has 1 aromatic heterocycles. The first-order valence-corrected chi connectivity index (χ1v) is 8.59. The quantitative estimate of drug-likeness (QED) is 0.907. The maximum absolute atomic E-state index is 12.5. The first-order valence-electron chi connectivity index (χ1n) is 6.33. The molecule has 0 spiro atoms. The normalized spacial score (nSPS) is 21.4. The molecule has 1 atom stereocenters. The first kappa shape index (κ1) is 14.5. The van der Waals surface area contributed by atoms with Crippen LogP contribution in [0.25, 0.3) is 0 Å². The number of nitrogens with two attached hydrogens (primary N) is 1. The predicted molar refractivity (Wildman–Crippen MR) is 74.4 cm³/mol. The summed E-state index contributed by atoms with van der Waals surface area (Å²) in [5, 5.41) is 0. The smallest absolute Gasteiger partial charge is 0.252 e. The van der Waals surface area contributed by atoms with Gasteiger partial charge in [-0.1, -0.05) is 6.92 Å². The van der Waals surface area contributed by atoms with Crippen LogP contribution < -0.4 is 5.73 Å². The van der Waals surface area contributed by atoms with E-state index < -0.39 is 15.9 Å². The Hall–Kier alpha value is -0.920. The summed E-state index contributed by atoms with van der Waals surface area (Å²) >= 11 is 1.30. The van der Waals surface area contributed by atoms with Gasteiger partial charge < -0.3 is 5.73 Å². The second-order valence-electron chi connectivity index (χ2n) is 4.68. The molecule has 1 aromatic rings. The first-order chi connectivity index (χ1) is 8.95. The molecule has 0 radical (unpaired) electrons. The second-order valence-corrected chi connectivity index (χ2v) is 8.01. The lowest BCUT2D eigenvalue weighted by molar-refractivity contribution is -0.122. The Kier molecular flexibility index (Phi) is 4.27. The van der Waals surface area contributed by atoms with Crippen LogP contribution in [0, 0.1) is 5.92 Å². The molecule has 0 aliphatic carbocycles. The highest BCUT2D eigenvalue weighted by Crippen LogP contribution is 2.28. The molecular formula is C12H18N2O3S2. The molecule has 1 aliphatic heterocycles. The highest BCUT2D eigenvalue weighted by molar-refractivity contribution is 7.91. The number of nitrogens with zero attached hydrogens (tertiary/aromatic N) is 1. The minimum Gasteiger partial charge on any atom is -0.369 e. The number of primary amides is 1. The maximum Gasteiger partial charge on any atom is 0.252 e. The molecule has 1 amide bonds. The molecule has 2 heterocycles. The summed E-state index contributed by atoms with van der Waals surface area (Å²) in [7, 11) is -3.47. The monoisotopic (exact) mass is 302 g/mol. The summed E-state index contributed by atoms with van der Waals surface area (Å²) in [5.41, 5.74) is 5.28. The third kappa shape index (κ3) is 2.98. The highest BCUT2D eigenvalue weighted by atomic mass is 32.2. The minimum absolute atomic E-state index is 0.205. The number of hydrogen-bond donors (Lipinski definition) is 1. The van der Waals surface area contributed by atoms with Crippen LogP contribution in [0.3, 0.4) is 0 Å². The van der Waals surface area contributed by atoms with Crippen molar-refractivity contribution >= 4 is 27.3 Å². The van der Waals surface area contributed by atoms with E-state index in [-0.39, 0.29) is 12.5 Å². The summed E-state index contributed by atoms with van der Waals surface area (Å²) in [4.78, 5) is 12.3. The Labute approximate surface area is 117 Å². The van der Waals surface area contributed by atoms with Crippen LogP contribution in [0.15, 0.2) is 16.3 Å². The maximum atomic E-state index is 12.5. The van der Waals surface area contributed by atoms with Crippen LogP contribution in [-0.2, 0) is 21.2 Å². The fraction of sp³-hybridized carbons (Fsp3) is 0.583. The number of thiophene rings is 1. The van der Waals surface area contributed by atoms with Gasteiger partial charge in [-0.3, -0.25) is 4.79 Å². The van der Waals surface area contributed by atoms with Crippen molar-refractivity contribution in [1.29, 1.82) is 0 Å². The summed E-state index contributed by atoms with van der Waals surface area (Å²) in [6, 6.07) is 3.49. The number of amides is 1. The SMILES string of the molecule is CCc1ccc(S(=O)(=O)N2CCCC(C(N)=O)C2)s1. The van der Waals surface area contributed by atoms with Crippen LogP contribution in [0.5, 0.6) is 0 Å². The Balaban J connectivity index is 2.21. The van der Waals surface area contributed by atoms with Gasteiger partial charge in [-0.2, -0.15) is 4.31 Å². The number of sulfonamides is 1. The van der Waals surface area contributed by atoms with Crippen molar-refractivity contribution in [2.45, 2.75) is 30.4 Å². The number of aryl methyl sites for hydroxylation is 1. The molecule has 7 heteroatoms. The standard InChI is InChI=1S/C12H18N2O3S2/c1-2-10-5-6-11(18-10)19(16,17)14-7-3-4-9(8-14)12(13)15/h5-6,9H,2-4,7-8H2,1H3,(H2,13,15). The molecule has 1 unspecified atom stereocenters. The van der Waals surface area contributed by atoms with Gasteiger partial charge in [-0.25, -0.2) is 8.42 Å². The summed E-state index contributed by atoms with van der Waals surface area (Å²) in [5.74, 6) is -0.783. The zero-order chi connectivity index (χ0) is 14.0. The van der Waals surface area contributed by atoms with Crippen LogP contribution in [0.2, 0.25) is 0 Å². The minimum atomic E-state index is -3.47. The predicted octanol–water partition coefficient (Wildman–Crippen LogP) is 1.20. The van der Waals surface area contributed by atoms with Crippen LogP contribution >= 0.6 is 11.3 Å². The van der Waals surface area contributed by atoms with Crippen LogP contribution in [0.1, 0.15) is 24.6 Å². The molecule has 1 fully saturated rings. The lowest BCUT2D eigenvalue weighted by Crippen LogP contribution is -2.43. The second kappa shape index (κ2) is 5.60. The molecule has 1 saturated heterocycles. The molecule has 0 bridgehead atoms. The summed E-state index contributed by atoms with van der Waals surface area (Å²) < 4.78 is 26.7. The van der Waals surface area contributed by atoms with Gasteiger partial charge in [0.1, 0.15) is 4.21 Å². The highest BCUT2D eigenvalue weighted by Gasteiger charge is 2.33. The van der Waals surface area contributed by atoms with E-state index in [4.69, 9.17) is 5.73 Å². The molecule has 1 aliphatic rings. The van der Waals surface area contributed by atoms with Crippen molar-refractivity contribution in [2.75, 3.05) is 13.1 Å². The molecule has 2 rings (SSSR count). The molecule has 19 heavy (non-hydrogen) atoms. The number of carbonyl (C=O) groups excluding carboxylic acids is 1. The number of piperidine rings is 1. The van der Waals surface area contributed by atoms with Crippen molar-refractivity contribution in [3.8, 4) is 0 Å². The Morgan fingerprint density at radius 3 is 2.84 bits per heavy atom. The van der Waals surface area contributed by atoms with Gasteiger partial charge in [0.2, 0.25) is 5.91 Å².